The van der Waals surface area contributed by atoms with E-state index < -0.39 is 39.5 Å². The van der Waals surface area contributed by atoms with Crippen LogP contribution < -0.4 is 4.72 Å². The van der Waals surface area contributed by atoms with Gasteiger partial charge in [-0.15, -0.1) is 0 Å². The van der Waals surface area contributed by atoms with E-state index >= 15 is 0 Å². The fraction of sp³-hybridized carbons (Fsp3) is 0.273. The van der Waals surface area contributed by atoms with Gasteiger partial charge >= 0.3 is 11.9 Å². The summed E-state index contributed by atoms with van der Waals surface area (Å²) in [6, 6.07) is 3.47. The molecule has 0 aromatic heterocycles. The van der Waals surface area contributed by atoms with Gasteiger partial charge < -0.3 is 14.9 Å². The number of hydrogen-bond donors (Lipinski definition) is 3. The second-order valence-corrected chi connectivity index (χ2v) is 5.36. The van der Waals surface area contributed by atoms with Gasteiger partial charge in [-0.25, -0.2) is 13.2 Å². The highest BCUT2D eigenvalue weighted by Gasteiger charge is 2.28. The minimum atomic E-state index is -4.29. The lowest BCUT2D eigenvalue weighted by atomic mass is 10.2. The summed E-state index contributed by atoms with van der Waals surface area (Å²) in [5.41, 5.74) is -0.232. The Morgan fingerprint density at radius 2 is 1.95 bits per heavy atom. The lowest BCUT2D eigenvalue weighted by Crippen LogP contribution is -2.43. The van der Waals surface area contributed by atoms with E-state index in [2.05, 4.69) is 4.74 Å². The zero-order chi connectivity index (χ0) is 15.3. The van der Waals surface area contributed by atoms with Gasteiger partial charge in [0.05, 0.1) is 24.2 Å². The average molecular weight is 303 g/mol. The molecule has 0 spiro atoms. The quantitative estimate of drug-likeness (QED) is 0.586. The number of aliphatic hydroxyl groups excluding tert-OH is 1. The Morgan fingerprint density at radius 1 is 1.35 bits per heavy atom. The normalized spacial score (nSPS) is 12.7. The van der Waals surface area contributed by atoms with Crippen molar-refractivity contribution in [2.24, 2.45) is 0 Å². The summed E-state index contributed by atoms with van der Waals surface area (Å²) in [6.07, 6.45) is 0. The van der Waals surface area contributed by atoms with Crippen molar-refractivity contribution in [3.63, 3.8) is 0 Å². The summed E-state index contributed by atoms with van der Waals surface area (Å²) in [4.78, 5) is 21.8. The molecule has 1 aromatic rings. The monoisotopic (exact) mass is 303 g/mol. The van der Waals surface area contributed by atoms with Gasteiger partial charge in [0.15, 0.2) is 0 Å². The third kappa shape index (κ3) is 3.53. The number of hydrogen-bond acceptors (Lipinski definition) is 6. The lowest BCUT2D eigenvalue weighted by molar-refractivity contribution is -0.139. The van der Waals surface area contributed by atoms with Crippen molar-refractivity contribution in [3.8, 4) is 0 Å². The van der Waals surface area contributed by atoms with Crippen LogP contribution in [0, 0.1) is 0 Å². The van der Waals surface area contributed by atoms with E-state index in [0.717, 1.165) is 13.2 Å². The summed E-state index contributed by atoms with van der Waals surface area (Å²) < 4.78 is 30.4. The molecule has 0 aliphatic carbocycles. The summed E-state index contributed by atoms with van der Waals surface area (Å²) >= 11 is 0. The van der Waals surface area contributed by atoms with Crippen molar-refractivity contribution in [1.82, 2.24) is 4.72 Å². The van der Waals surface area contributed by atoms with E-state index in [1.807, 2.05) is 0 Å². The molecule has 0 radical (unpaired) electrons. The summed E-state index contributed by atoms with van der Waals surface area (Å²) in [5, 5.41) is 17.6. The van der Waals surface area contributed by atoms with Crippen LogP contribution in [0.15, 0.2) is 29.2 Å². The van der Waals surface area contributed by atoms with Crippen molar-refractivity contribution in [2.75, 3.05) is 13.7 Å². The molecular weight excluding hydrogens is 290 g/mol. The Morgan fingerprint density at radius 3 is 2.45 bits per heavy atom. The number of methoxy groups -OCH3 is 1. The van der Waals surface area contributed by atoms with Crippen LogP contribution in [0.3, 0.4) is 0 Å². The number of sulfonamides is 1. The van der Waals surface area contributed by atoms with Crippen LogP contribution in [-0.4, -0.2) is 50.3 Å². The molecule has 0 aliphatic rings. The van der Waals surface area contributed by atoms with Gasteiger partial charge in [0, 0.05) is 0 Å². The van der Waals surface area contributed by atoms with Crippen molar-refractivity contribution in [2.45, 2.75) is 10.9 Å². The predicted molar refractivity (Wildman–Crippen MR) is 66.6 cm³/mol. The fourth-order valence-electron chi connectivity index (χ4n) is 1.40. The molecule has 0 heterocycles. The first-order valence-electron chi connectivity index (χ1n) is 5.36. The first-order valence-corrected chi connectivity index (χ1v) is 6.85. The molecule has 0 bridgehead atoms. The molecular formula is C11H13NO7S. The maximum absolute atomic E-state index is 12.1. The average Bonchev–Trinajstić information content (AvgIpc) is 2.43. The highest BCUT2D eigenvalue weighted by atomic mass is 32.2. The Bertz CT molecular complexity index is 611. The first kappa shape index (κ1) is 16.1. The number of rotatable bonds is 6. The smallest absolute Gasteiger partial charge is 0.339 e. The molecule has 3 N–H and O–H groups in total. The van der Waals surface area contributed by atoms with Crippen molar-refractivity contribution in [1.29, 1.82) is 0 Å². The van der Waals surface area contributed by atoms with E-state index in [0.29, 0.717) is 0 Å². The molecule has 8 nitrogen and oxygen atoms in total. The molecule has 20 heavy (non-hydrogen) atoms. The molecule has 0 amide bonds. The molecule has 9 heteroatoms. The molecule has 0 saturated carbocycles. The standard InChI is InChI=1S/C11H13NO7S/c1-19-11(16)7-4-2-3-5-9(7)20(17,18)12-8(6-13)10(14)15/h2-5,8,12-13H,6H2,1H3,(H,14,15)/t8-/m0/s1. The Labute approximate surface area is 115 Å². The van der Waals surface area contributed by atoms with Crippen molar-refractivity contribution in [3.05, 3.63) is 29.8 Å². The van der Waals surface area contributed by atoms with Gasteiger partial charge in [0.2, 0.25) is 10.0 Å². The molecule has 1 atom stereocenters. The van der Waals surface area contributed by atoms with Crippen LogP contribution >= 0.6 is 0 Å². The van der Waals surface area contributed by atoms with Crippen molar-refractivity contribution < 1.29 is 33.0 Å². The second-order valence-electron chi connectivity index (χ2n) is 3.68. The second kappa shape index (κ2) is 6.46. The van der Waals surface area contributed by atoms with E-state index in [-0.39, 0.29) is 5.56 Å². The highest BCUT2D eigenvalue weighted by molar-refractivity contribution is 7.89. The Balaban J connectivity index is 3.23. The maximum Gasteiger partial charge on any atom is 0.339 e. The molecule has 0 aliphatic heterocycles. The molecule has 1 rings (SSSR count). The van der Waals surface area contributed by atoms with Crippen LogP contribution in [0.5, 0.6) is 0 Å². The zero-order valence-corrected chi connectivity index (χ0v) is 11.3. The van der Waals surface area contributed by atoms with E-state index in [4.69, 9.17) is 10.2 Å². The number of nitrogens with one attached hydrogen (secondary N) is 1. The van der Waals surface area contributed by atoms with Gasteiger partial charge in [-0.1, -0.05) is 12.1 Å². The Kier molecular flexibility index (Phi) is 5.19. The number of carboxylic acid groups (broad SMARTS) is 1. The lowest BCUT2D eigenvalue weighted by Gasteiger charge is -2.14. The predicted octanol–water partition coefficient (Wildman–Crippen LogP) is -0.803. The SMILES string of the molecule is COC(=O)c1ccccc1S(=O)(=O)N[C@@H](CO)C(=O)O. The number of aliphatic hydroxyl groups is 1. The number of esters is 1. The van der Waals surface area contributed by atoms with Gasteiger partial charge in [0.25, 0.3) is 0 Å². The number of carbonyl (C=O) groups is 2. The van der Waals surface area contributed by atoms with Crippen LogP contribution in [0.1, 0.15) is 10.4 Å². The molecule has 0 unspecified atom stereocenters. The maximum atomic E-state index is 12.1. The van der Waals surface area contributed by atoms with Crippen molar-refractivity contribution >= 4 is 22.0 Å². The minimum Gasteiger partial charge on any atom is -0.480 e. The molecule has 0 saturated heterocycles. The Hall–Kier alpha value is -1.97. The third-order valence-corrected chi connectivity index (χ3v) is 3.89. The van der Waals surface area contributed by atoms with E-state index in [1.165, 1.54) is 18.2 Å². The van der Waals surface area contributed by atoms with Gasteiger partial charge in [0.1, 0.15) is 6.04 Å². The largest absolute Gasteiger partial charge is 0.480 e. The van der Waals surface area contributed by atoms with E-state index in [9.17, 15) is 18.0 Å². The number of benzene rings is 1. The first-order chi connectivity index (χ1) is 9.33. The molecule has 0 fully saturated rings. The zero-order valence-electron chi connectivity index (χ0n) is 10.4. The molecule has 110 valence electrons. The van der Waals surface area contributed by atoms with Gasteiger partial charge in [-0.2, -0.15) is 4.72 Å². The summed E-state index contributed by atoms with van der Waals surface area (Å²) in [5.74, 6) is -2.41. The highest BCUT2D eigenvalue weighted by Crippen LogP contribution is 2.16. The van der Waals surface area contributed by atoms with Gasteiger partial charge in [-0.05, 0) is 12.1 Å². The number of carboxylic acids is 1. The third-order valence-electron chi connectivity index (χ3n) is 2.36. The summed E-state index contributed by atoms with van der Waals surface area (Å²) in [6.45, 7) is -0.922. The number of carbonyl (C=O) groups excluding carboxylic acids is 1. The number of ether oxygens (including phenoxy) is 1. The van der Waals surface area contributed by atoms with Crippen LogP contribution in [0.4, 0.5) is 0 Å². The van der Waals surface area contributed by atoms with Crippen LogP contribution in [0.2, 0.25) is 0 Å². The summed E-state index contributed by atoms with van der Waals surface area (Å²) in [7, 11) is -3.20. The minimum absolute atomic E-state index is 0.232. The van der Waals surface area contributed by atoms with Crippen LogP contribution in [0.25, 0.3) is 0 Å². The van der Waals surface area contributed by atoms with Crippen LogP contribution in [-0.2, 0) is 19.6 Å². The molecule has 1 aromatic carbocycles. The number of aliphatic carboxylic acids is 1. The van der Waals surface area contributed by atoms with E-state index in [1.54, 1.807) is 4.72 Å². The topological polar surface area (TPSA) is 130 Å². The fourth-order valence-corrected chi connectivity index (χ4v) is 2.77. The van der Waals surface area contributed by atoms with Gasteiger partial charge in [-0.3, -0.25) is 4.79 Å².